The summed E-state index contributed by atoms with van der Waals surface area (Å²) < 4.78 is 0. The van der Waals surface area contributed by atoms with Gasteiger partial charge in [0.2, 0.25) is 12.3 Å². The first-order valence-electron chi connectivity index (χ1n) is 10.0. The summed E-state index contributed by atoms with van der Waals surface area (Å²) in [5, 5.41) is 11.1. The number of pyridine rings is 1. The topological polar surface area (TPSA) is 108 Å². The molecule has 1 atom stereocenters. The summed E-state index contributed by atoms with van der Waals surface area (Å²) >= 11 is 0. The molecule has 0 radical (unpaired) electrons. The van der Waals surface area contributed by atoms with Crippen LogP contribution in [0.3, 0.4) is 0 Å². The van der Waals surface area contributed by atoms with Crippen molar-refractivity contribution in [2.75, 3.05) is 4.90 Å². The quantitative estimate of drug-likeness (QED) is 0.589. The average molecular weight is 403 g/mol. The van der Waals surface area contributed by atoms with Crippen LogP contribution in [0.25, 0.3) is 10.8 Å². The Hall–Kier alpha value is -3.55. The summed E-state index contributed by atoms with van der Waals surface area (Å²) in [7, 11) is 0. The maximum atomic E-state index is 13.2. The van der Waals surface area contributed by atoms with Crippen LogP contribution in [0.2, 0.25) is 0 Å². The zero-order valence-electron chi connectivity index (χ0n) is 16.5. The third-order valence-corrected chi connectivity index (χ3v) is 6.34. The first kappa shape index (κ1) is 18.5. The van der Waals surface area contributed by atoms with Gasteiger partial charge >= 0.3 is 0 Å². The number of amides is 3. The van der Waals surface area contributed by atoms with Crippen LogP contribution in [0.1, 0.15) is 54.1 Å². The Morgan fingerprint density at radius 1 is 1.37 bits per heavy atom. The van der Waals surface area contributed by atoms with Gasteiger partial charge in [-0.3, -0.25) is 29.7 Å². The number of hydrogen-bond acceptors (Lipinski definition) is 5. The summed E-state index contributed by atoms with van der Waals surface area (Å²) in [4.78, 5) is 41.7. The molecule has 152 valence electrons. The third-order valence-electron chi connectivity index (χ3n) is 6.34. The lowest BCUT2D eigenvalue weighted by molar-refractivity contribution is -0.125. The maximum Gasteiger partial charge on any atom is 0.260 e. The molecule has 5 rings (SSSR count). The number of hydrogen-bond donors (Lipinski definition) is 2. The largest absolute Gasteiger partial charge is 0.299 e. The highest BCUT2D eigenvalue weighted by atomic mass is 16.2. The molecule has 2 aliphatic rings. The highest BCUT2D eigenvalue weighted by Gasteiger charge is 2.48. The van der Waals surface area contributed by atoms with Crippen molar-refractivity contribution in [3.63, 3.8) is 0 Å². The van der Waals surface area contributed by atoms with Crippen molar-refractivity contribution in [1.29, 1.82) is 0 Å². The van der Waals surface area contributed by atoms with Crippen LogP contribution < -0.4 is 10.2 Å². The lowest BCUT2D eigenvalue weighted by Crippen LogP contribution is -2.37. The van der Waals surface area contributed by atoms with Gasteiger partial charge in [-0.25, -0.2) is 4.98 Å². The van der Waals surface area contributed by atoms with Crippen molar-refractivity contribution in [1.82, 2.24) is 20.5 Å². The lowest BCUT2D eigenvalue weighted by atomic mass is 9.87. The van der Waals surface area contributed by atoms with Crippen molar-refractivity contribution in [3.8, 4) is 0 Å². The number of aromatic nitrogens is 3. The van der Waals surface area contributed by atoms with Gasteiger partial charge in [-0.2, -0.15) is 5.10 Å². The van der Waals surface area contributed by atoms with Gasteiger partial charge in [0.15, 0.2) is 0 Å². The monoisotopic (exact) mass is 403 g/mol. The second-order valence-corrected chi connectivity index (χ2v) is 8.04. The van der Waals surface area contributed by atoms with E-state index in [0.29, 0.717) is 24.2 Å². The fraction of sp³-hybridized carbons (Fsp3) is 0.318. The molecule has 2 aromatic heterocycles. The van der Waals surface area contributed by atoms with Crippen molar-refractivity contribution < 1.29 is 14.4 Å². The zero-order valence-corrected chi connectivity index (χ0v) is 16.5. The summed E-state index contributed by atoms with van der Waals surface area (Å²) in [6.45, 7) is 1.90. The minimum absolute atomic E-state index is 0.100. The molecule has 1 fully saturated rings. The Bertz CT molecular complexity index is 1170. The van der Waals surface area contributed by atoms with E-state index in [-0.39, 0.29) is 29.7 Å². The van der Waals surface area contributed by atoms with E-state index in [0.717, 1.165) is 34.7 Å². The van der Waals surface area contributed by atoms with Crippen LogP contribution in [0.4, 0.5) is 5.82 Å². The smallest absolute Gasteiger partial charge is 0.260 e. The van der Waals surface area contributed by atoms with Crippen molar-refractivity contribution in [2.24, 2.45) is 0 Å². The van der Waals surface area contributed by atoms with Crippen LogP contribution in [-0.4, -0.2) is 39.4 Å². The minimum Gasteiger partial charge on any atom is -0.299 e. The van der Waals surface area contributed by atoms with Crippen LogP contribution in [0.5, 0.6) is 0 Å². The molecule has 30 heavy (non-hydrogen) atoms. The van der Waals surface area contributed by atoms with Crippen LogP contribution in [-0.2, 0) is 15.0 Å². The van der Waals surface area contributed by atoms with E-state index in [1.807, 2.05) is 37.6 Å². The molecule has 3 heterocycles. The second kappa shape index (κ2) is 6.76. The number of rotatable bonds is 7. The normalized spacial score (nSPS) is 17.2. The maximum absolute atomic E-state index is 13.2. The SMILES string of the molecule is CC(CCC(=O)NC=O)N1C(=O)c2cccc3c(C4(c5cn[nH]c5)CC4)cnc1c23. The van der Waals surface area contributed by atoms with E-state index < -0.39 is 0 Å². The second-order valence-electron chi connectivity index (χ2n) is 8.04. The van der Waals surface area contributed by atoms with E-state index in [9.17, 15) is 14.4 Å². The van der Waals surface area contributed by atoms with Crippen LogP contribution >= 0.6 is 0 Å². The minimum atomic E-state index is -0.356. The number of anilines is 1. The molecule has 3 amide bonds. The first-order chi connectivity index (χ1) is 14.6. The van der Waals surface area contributed by atoms with Crippen LogP contribution in [0, 0.1) is 0 Å². The molecule has 1 unspecified atom stereocenters. The van der Waals surface area contributed by atoms with E-state index >= 15 is 0 Å². The van der Waals surface area contributed by atoms with E-state index in [1.54, 1.807) is 4.90 Å². The predicted molar refractivity (Wildman–Crippen MR) is 110 cm³/mol. The van der Waals surface area contributed by atoms with Crippen molar-refractivity contribution >= 4 is 34.8 Å². The first-order valence-corrected chi connectivity index (χ1v) is 10.0. The molecule has 0 saturated heterocycles. The van der Waals surface area contributed by atoms with Gasteiger partial charge in [0.25, 0.3) is 5.91 Å². The number of nitrogens with one attached hydrogen (secondary N) is 2. The molecular formula is C22H21N5O3. The zero-order chi connectivity index (χ0) is 20.9. The fourth-order valence-electron chi connectivity index (χ4n) is 4.61. The molecular weight excluding hydrogens is 382 g/mol. The lowest BCUT2D eigenvalue weighted by Gasteiger charge is -2.25. The van der Waals surface area contributed by atoms with Gasteiger partial charge in [-0.15, -0.1) is 0 Å². The van der Waals surface area contributed by atoms with Gasteiger partial charge in [0.1, 0.15) is 5.82 Å². The van der Waals surface area contributed by atoms with E-state index in [4.69, 9.17) is 4.98 Å². The molecule has 8 heteroatoms. The van der Waals surface area contributed by atoms with Gasteiger partial charge in [-0.05, 0) is 43.2 Å². The molecule has 0 spiro atoms. The molecule has 2 N–H and O–H groups in total. The molecule has 1 aliphatic carbocycles. The van der Waals surface area contributed by atoms with Crippen LogP contribution in [0.15, 0.2) is 36.8 Å². The number of H-pyrrole nitrogens is 1. The summed E-state index contributed by atoms with van der Waals surface area (Å²) in [6, 6.07) is 5.58. The van der Waals surface area contributed by atoms with Gasteiger partial charge in [0.05, 0.1) is 11.8 Å². The standard InChI is InChI=1S/C22H21N5O3/c1-13(5-6-18(29)24-12-28)27-20-19-15(3-2-4-16(19)21(27)30)17(11-23-20)22(7-8-22)14-9-25-26-10-14/h2-4,9-13H,5-8H2,1H3,(H,25,26)(H,24,28,29). The number of benzene rings is 1. The summed E-state index contributed by atoms with van der Waals surface area (Å²) in [5.41, 5.74) is 2.80. The number of imide groups is 1. The predicted octanol–water partition coefficient (Wildman–Crippen LogP) is 2.44. The third kappa shape index (κ3) is 2.63. The summed E-state index contributed by atoms with van der Waals surface area (Å²) in [6.07, 6.45) is 8.69. The van der Waals surface area contributed by atoms with E-state index in [2.05, 4.69) is 21.6 Å². The van der Waals surface area contributed by atoms with Gasteiger partial charge < -0.3 is 0 Å². The van der Waals surface area contributed by atoms with Gasteiger partial charge in [-0.1, -0.05) is 12.1 Å². The number of carbonyl (C=O) groups is 3. The Labute approximate surface area is 172 Å². The van der Waals surface area contributed by atoms with Crippen molar-refractivity contribution in [3.05, 3.63) is 53.5 Å². The Morgan fingerprint density at radius 2 is 2.20 bits per heavy atom. The van der Waals surface area contributed by atoms with Gasteiger partial charge in [0, 0.05) is 41.2 Å². The molecule has 1 saturated carbocycles. The molecule has 0 bridgehead atoms. The number of carbonyl (C=O) groups excluding carboxylic acids is 3. The molecule has 8 nitrogen and oxygen atoms in total. The Morgan fingerprint density at radius 3 is 2.90 bits per heavy atom. The average Bonchev–Trinajstić information content (AvgIpc) is 3.24. The van der Waals surface area contributed by atoms with E-state index in [1.165, 1.54) is 0 Å². The molecule has 3 aromatic rings. The molecule has 1 aliphatic heterocycles. The summed E-state index contributed by atoms with van der Waals surface area (Å²) in [5.74, 6) is 0.183. The highest BCUT2D eigenvalue weighted by molar-refractivity contribution is 6.24. The highest BCUT2D eigenvalue weighted by Crippen LogP contribution is 2.56. The Balaban J connectivity index is 1.54. The fourth-order valence-corrected chi connectivity index (χ4v) is 4.61. The molecule has 1 aromatic carbocycles. The van der Waals surface area contributed by atoms with Crippen molar-refractivity contribution in [2.45, 2.75) is 44.1 Å². The number of nitrogens with zero attached hydrogens (tertiary/aromatic N) is 3. The Kier molecular flexibility index (Phi) is 4.16. The number of aromatic amines is 1.